The Labute approximate surface area is 146 Å². The predicted molar refractivity (Wildman–Crippen MR) is 94.3 cm³/mol. The van der Waals surface area contributed by atoms with Gasteiger partial charge in [0.15, 0.2) is 0 Å². The Morgan fingerprint density at radius 2 is 1.96 bits per heavy atom. The van der Waals surface area contributed by atoms with Crippen LogP contribution in [0.15, 0.2) is 41.2 Å². The highest BCUT2D eigenvalue weighted by molar-refractivity contribution is 5.54. The van der Waals surface area contributed by atoms with Gasteiger partial charge in [0, 0.05) is 57.3 Å². The minimum absolute atomic E-state index is 0.0973. The summed E-state index contributed by atoms with van der Waals surface area (Å²) in [7, 11) is 0. The minimum Gasteiger partial charge on any atom is -0.381 e. The molecule has 25 heavy (non-hydrogen) atoms. The predicted octanol–water partition coefficient (Wildman–Crippen LogP) is 1.82. The lowest BCUT2D eigenvalue weighted by atomic mass is 9.92. The van der Waals surface area contributed by atoms with Crippen LogP contribution in [0.5, 0.6) is 0 Å². The molecule has 2 aliphatic heterocycles. The van der Waals surface area contributed by atoms with E-state index in [9.17, 15) is 4.79 Å². The number of aromatic nitrogens is 2. The Bertz CT molecular complexity index is 763. The molecule has 1 spiro atoms. The van der Waals surface area contributed by atoms with Crippen molar-refractivity contribution in [3.63, 3.8) is 0 Å². The lowest BCUT2D eigenvalue weighted by molar-refractivity contribution is -0.155. The molecule has 0 radical (unpaired) electrons. The molecule has 6 nitrogen and oxygen atoms in total. The van der Waals surface area contributed by atoms with Gasteiger partial charge in [0.25, 0.3) is 5.56 Å². The van der Waals surface area contributed by atoms with E-state index in [4.69, 9.17) is 9.47 Å². The minimum atomic E-state index is -0.113. The second-order valence-corrected chi connectivity index (χ2v) is 6.81. The number of ether oxygens (including phenoxy) is 2. The van der Waals surface area contributed by atoms with Gasteiger partial charge in [-0.3, -0.25) is 9.69 Å². The smallest absolute Gasteiger partial charge is 0.251 e. The highest BCUT2D eigenvalue weighted by Gasteiger charge is 2.38. The molecular weight excluding hydrogens is 318 g/mol. The second-order valence-electron chi connectivity index (χ2n) is 6.81. The Morgan fingerprint density at radius 3 is 2.76 bits per heavy atom. The first-order valence-electron chi connectivity index (χ1n) is 8.82. The highest BCUT2D eigenvalue weighted by atomic mass is 16.5. The van der Waals surface area contributed by atoms with Crippen LogP contribution in [0, 0.1) is 0 Å². The van der Waals surface area contributed by atoms with Gasteiger partial charge in [-0.05, 0) is 0 Å². The molecule has 0 saturated carbocycles. The van der Waals surface area contributed by atoms with E-state index in [1.165, 1.54) is 0 Å². The fourth-order valence-corrected chi connectivity index (χ4v) is 3.66. The lowest BCUT2D eigenvalue weighted by Gasteiger charge is -2.44. The number of nitrogens with zero attached hydrogens (tertiary/aromatic N) is 2. The Balaban J connectivity index is 1.52. The Kier molecular flexibility index (Phi) is 4.65. The largest absolute Gasteiger partial charge is 0.381 e. The van der Waals surface area contributed by atoms with Crippen LogP contribution in [-0.4, -0.2) is 53.4 Å². The van der Waals surface area contributed by atoms with Crippen LogP contribution < -0.4 is 5.56 Å². The highest BCUT2D eigenvalue weighted by Crippen LogP contribution is 2.29. The van der Waals surface area contributed by atoms with Crippen molar-refractivity contribution in [3.05, 3.63) is 52.4 Å². The molecule has 6 heteroatoms. The van der Waals surface area contributed by atoms with E-state index >= 15 is 0 Å². The van der Waals surface area contributed by atoms with E-state index in [0.717, 1.165) is 50.4 Å². The first-order valence-corrected chi connectivity index (χ1v) is 8.82. The van der Waals surface area contributed by atoms with Crippen molar-refractivity contribution in [3.8, 4) is 11.4 Å². The van der Waals surface area contributed by atoms with Gasteiger partial charge in [-0.1, -0.05) is 30.3 Å². The summed E-state index contributed by atoms with van der Waals surface area (Å²) < 4.78 is 11.6. The molecule has 3 heterocycles. The van der Waals surface area contributed by atoms with Gasteiger partial charge in [-0.2, -0.15) is 0 Å². The number of hydrogen-bond acceptors (Lipinski definition) is 5. The number of benzene rings is 1. The van der Waals surface area contributed by atoms with E-state index in [0.29, 0.717) is 19.0 Å². The molecule has 1 aromatic heterocycles. The van der Waals surface area contributed by atoms with Crippen molar-refractivity contribution in [2.75, 3.05) is 32.9 Å². The van der Waals surface area contributed by atoms with Crippen molar-refractivity contribution in [2.24, 2.45) is 0 Å². The van der Waals surface area contributed by atoms with Crippen LogP contribution in [-0.2, 0) is 16.0 Å². The average Bonchev–Trinajstić information content (AvgIpc) is 2.63. The maximum atomic E-state index is 12.1. The van der Waals surface area contributed by atoms with Crippen LogP contribution in [0.2, 0.25) is 0 Å². The maximum Gasteiger partial charge on any atom is 0.251 e. The fraction of sp³-hybridized carbons (Fsp3) is 0.474. The Morgan fingerprint density at radius 1 is 1.16 bits per heavy atom. The molecule has 2 fully saturated rings. The molecule has 0 amide bonds. The lowest BCUT2D eigenvalue weighted by Crippen LogP contribution is -2.54. The van der Waals surface area contributed by atoms with Gasteiger partial charge in [0.1, 0.15) is 5.82 Å². The molecule has 0 aliphatic carbocycles. The summed E-state index contributed by atoms with van der Waals surface area (Å²) in [5.74, 6) is 0.622. The van der Waals surface area contributed by atoms with Crippen molar-refractivity contribution in [1.29, 1.82) is 0 Å². The molecule has 2 saturated heterocycles. The zero-order valence-corrected chi connectivity index (χ0v) is 14.2. The summed E-state index contributed by atoms with van der Waals surface area (Å²) in [5.41, 5.74) is 1.51. The van der Waals surface area contributed by atoms with Crippen molar-refractivity contribution in [1.82, 2.24) is 14.9 Å². The third-order valence-electron chi connectivity index (χ3n) is 4.96. The van der Waals surface area contributed by atoms with Gasteiger partial charge in [-0.25, -0.2) is 4.98 Å². The molecule has 1 aromatic carbocycles. The van der Waals surface area contributed by atoms with Crippen molar-refractivity contribution in [2.45, 2.75) is 25.0 Å². The van der Waals surface area contributed by atoms with E-state index in [-0.39, 0.29) is 11.2 Å². The van der Waals surface area contributed by atoms with Crippen LogP contribution in [0.25, 0.3) is 11.4 Å². The standard InChI is InChI=1S/C19H23N3O3/c23-17-12-16(20-18(21-17)15-4-2-1-3-5-15)13-22-8-11-25-19(14-22)6-9-24-10-7-19/h1-5,12H,6-11,13-14H2,(H,20,21,23). The summed E-state index contributed by atoms with van der Waals surface area (Å²) in [6.45, 7) is 4.62. The zero-order chi connectivity index (χ0) is 17.1. The molecule has 0 unspecified atom stereocenters. The topological polar surface area (TPSA) is 67.5 Å². The quantitative estimate of drug-likeness (QED) is 0.922. The normalized spacial score (nSPS) is 20.6. The summed E-state index contributed by atoms with van der Waals surface area (Å²) in [6.07, 6.45) is 1.86. The Hall–Kier alpha value is -2.02. The van der Waals surface area contributed by atoms with E-state index in [1.807, 2.05) is 30.3 Å². The summed E-state index contributed by atoms with van der Waals surface area (Å²) in [4.78, 5) is 21.9. The molecule has 0 atom stereocenters. The van der Waals surface area contributed by atoms with Crippen LogP contribution in [0.3, 0.4) is 0 Å². The average molecular weight is 341 g/mol. The fourth-order valence-electron chi connectivity index (χ4n) is 3.66. The van der Waals surface area contributed by atoms with Gasteiger partial charge in [-0.15, -0.1) is 0 Å². The number of morpholine rings is 1. The molecular formula is C19H23N3O3. The van der Waals surface area contributed by atoms with Gasteiger partial charge < -0.3 is 14.5 Å². The SMILES string of the molecule is O=c1cc(CN2CCOC3(CCOCC3)C2)nc(-c2ccccc2)[nH]1. The van der Waals surface area contributed by atoms with Crippen LogP contribution >= 0.6 is 0 Å². The summed E-state index contributed by atoms with van der Waals surface area (Å²) in [6, 6.07) is 11.3. The second kappa shape index (κ2) is 7.07. The third-order valence-corrected chi connectivity index (χ3v) is 4.96. The van der Waals surface area contributed by atoms with Crippen LogP contribution in [0.4, 0.5) is 0 Å². The van der Waals surface area contributed by atoms with Crippen LogP contribution in [0.1, 0.15) is 18.5 Å². The molecule has 4 rings (SSSR count). The first-order chi connectivity index (χ1) is 12.2. The number of aromatic amines is 1. The molecule has 0 bridgehead atoms. The van der Waals surface area contributed by atoms with E-state index < -0.39 is 0 Å². The molecule has 2 aromatic rings. The number of hydrogen-bond donors (Lipinski definition) is 1. The maximum absolute atomic E-state index is 12.1. The first kappa shape index (κ1) is 16.4. The van der Waals surface area contributed by atoms with Gasteiger partial charge in [0.2, 0.25) is 0 Å². The van der Waals surface area contributed by atoms with Gasteiger partial charge >= 0.3 is 0 Å². The van der Waals surface area contributed by atoms with E-state index in [1.54, 1.807) is 6.07 Å². The van der Waals surface area contributed by atoms with Gasteiger partial charge in [0.05, 0.1) is 17.9 Å². The summed E-state index contributed by atoms with van der Waals surface area (Å²) >= 11 is 0. The number of nitrogens with one attached hydrogen (secondary N) is 1. The van der Waals surface area contributed by atoms with E-state index in [2.05, 4.69) is 14.9 Å². The number of H-pyrrole nitrogens is 1. The molecule has 2 aliphatic rings. The monoisotopic (exact) mass is 341 g/mol. The summed E-state index contributed by atoms with van der Waals surface area (Å²) in [5, 5.41) is 0. The molecule has 132 valence electrons. The molecule has 1 N–H and O–H groups in total. The zero-order valence-electron chi connectivity index (χ0n) is 14.2. The number of rotatable bonds is 3. The van der Waals surface area contributed by atoms with Crippen molar-refractivity contribution < 1.29 is 9.47 Å². The van der Waals surface area contributed by atoms with Crippen molar-refractivity contribution >= 4 is 0 Å². The third kappa shape index (κ3) is 3.81.